The number of ether oxygens (including phenoxy) is 3. The van der Waals surface area contributed by atoms with Gasteiger partial charge in [-0.2, -0.15) is 0 Å². The van der Waals surface area contributed by atoms with Gasteiger partial charge in [-0.1, -0.05) is 6.07 Å². The van der Waals surface area contributed by atoms with E-state index < -0.39 is 0 Å². The maximum absolute atomic E-state index is 11.7. The van der Waals surface area contributed by atoms with Gasteiger partial charge in [0.15, 0.2) is 0 Å². The summed E-state index contributed by atoms with van der Waals surface area (Å²) in [6.07, 6.45) is 0.812. The lowest BCUT2D eigenvalue weighted by Crippen LogP contribution is -2.23. The van der Waals surface area contributed by atoms with Crippen molar-refractivity contribution in [3.8, 4) is 5.75 Å². The molecule has 6 nitrogen and oxygen atoms in total. The van der Waals surface area contributed by atoms with Crippen molar-refractivity contribution in [1.29, 1.82) is 0 Å². The average molecular weight is 294 g/mol. The molecule has 1 heterocycles. The number of likely N-dealkylation sites (N-methyl/N-ethyl adjacent to an activating group) is 1. The van der Waals surface area contributed by atoms with E-state index in [4.69, 9.17) is 14.2 Å². The van der Waals surface area contributed by atoms with Gasteiger partial charge in [0.25, 0.3) is 0 Å². The van der Waals surface area contributed by atoms with E-state index in [0.717, 1.165) is 23.4 Å². The molecule has 2 N–H and O–H groups in total. The minimum Gasteiger partial charge on any atom is -0.493 e. The summed E-state index contributed by atoms with van der Waals surface area (Å²) in [7, 11) is 3.42. The number of rotatable bonds is 9. The standard InChI is InChI=1S/C15H22N2O4/c1-16-14-12-5-4-11(10-13(12)17-15(14)18)21-7-3-6-20-9-8-19-2/h4-5,10,14,16H,3,6-9H2,1-2H3,(H,17,18). The van der Waals surface area contributed by atoms with Gasteiger partial charge in [0.1, 0.15) is 11.8 Å². The normalized spacial score (nSPS) is 16.7. The molecule has 1 aromatic rings. The molecular formula is C15H22N2O4. The first kappa shape index (κ1) is 15.8. The quantitative estimate of drug-likeness (QED) is 0.673. The third-order valence-corrected chi connectivity index (χ3v) is 3.28. The molecule has 116 valence electrons. The van der Waals surface area contributed by atoms with Crippen molar-refractivity contribution >= 4 is 11.6 Å². The van der Waals surface area contributed by atoms with Crippen LogP contribution in [0.3, 0.4) is 0 Å². The number of methoxy groups -OCH3 is 1. The van der Waals surface area contributed by atoms with Crippen LogP contribution in [0.1, 0.15) is 18.0 Å². The summed E-state index contributed by atoms with van der Waals surface area (Å²) in [4.78, 5) is 11.7. The molecule has 21 heavy (non-hydrogen) atoms. The second kappa shape index (κ2) is 7.97. The van der Waals surface area contributed by atoms with Crippen molar-refractivity contribution in [2.24, 2.45) is 0 Å². The fourth-order valence-electron chi connectivity index (χ4n) is 2.21. The Balaban J connectivity index is 1.76. The first-order valence-corrected chi connectivity index (χ1v) is 7.08. The lowest BCUT2D eigenvalue weighted by molar-refractivity contribution is -0.117. The molecule has 0 fully saturated rings. The smallest absolute Gasteiger partial charge is 0.246 e. The predicted octanol–water partition coefficient (Wildman–Crippen LogP) is 1.33. The van der Waals surface area contributed by atoms with E-state index in [1.165, 1.54) is 0 Å². The summed E-state index contributed by atoms with van der Waals surface area (Å²) in [5.74, 6) is 0.721. The lowest BCUT2D eigenvalue weighted by Gasteiger charge is -2.09. The van der Waals surface area contributed by atoms with Crippen LogP contribution >= 0.6 is 0 Å². The number of hydrogen-bond donors (Lipinski definition) is 2. The van der Waals surface area contributed by atoms with Gasteiger partial charge in [-0.15, -0.1) is 0 Å². The third kappa shape index (κ3) is 4.17. The highest BCUT2D eigenvalue weighted by Crippen LogP contribution is 2.33. The van der Waals surface area contributed by atoms with Crippen LogP contribution in [0.2, 0.25) is 0 Å². The summed E-state index contributed by atoms with van der Waals surface area (Å²) in [6, 6.07) is 5.38. The van der Waals surface area contributed by atoms with E-state index in [-0.39, 0.29) is 11.9 Å². The maximum Gasteiger partial charge on any atom is 0.246 e. The summed E-state index contributed by atoms with van der Waals surface area (Å²) in [5, 5.41) is 5.83. The summed E-state index contributed by atoms with van der Waals surface area (Å²) >= 11 is 0. The van der Waals surface area contributed by atoms with Gasteiger partial charge < -0.3 is 24.8 Å². The Labute approximate surface area is 124 Å². The van der Waals surface area contributed by atoms with E-state index in [1.54, 1.807) is 14.2 Å². The number of carbonyl (C=O) groups excluding carboxylic acids is 1. The zero-order chi connectivity index (χ0) is 15.1. The Morgan fingerprint density at radius 1 is 1.24 bits per heavy atom. The molecule has 0 radical (unpaired) electrons. The molecule has 1 atom stereocenters. The lowest BCUT2D eigenvalue weighted by atomic mass is 10.1. The van der Waals surface area contributed by atoms with E-state index in [9.17, 15) is 4.79 Å². The number of benzene rings is 1. The molecule has 1 unspecified atom stereocenters. The fourth-order valence-corrected chi connectivity index (χ4v) is 2.21. The highest BCUT2D eigenvalue weighted by molar-refractivity contribution is 6.02. The topological polar surface area (TPSA) is 68.8 Å². The molecule has 0 bridgehead atoms. The van der Waals surface area contributed by atoms with Gasteiger partial charge in [-0.3, -0.25) is 4.79 Å². The molecule has 2 rings (SSSR count). The number of carbonyl (C=O) groups is 1. The van der Waals surface area contributed by atoms with Gasteiger partial charge >= 0.3 is 0 Å². The number of amides is 1. The van der Waals surface area contributed by atoms with Crippen LogP contribution in [0.5, 0.6) is 5.75 Å². The highest BCUT2D eigenvalue weighted by Gasteiger charge is 2.29. The van der Waals surface area contributed by atoms with Crippen LogP contribution in [-0.2, 0) is 14.3 Å². The molecule has 0 saturated heterocycles. The molecule has 0 saturated carbocycles. The molecule has 0 aromatic heterocycles. The van der Waals surface area contributed by atoms with Crippen molar-refractivity contribution in [2.45, 2.75) is 12.5 Å². The fraction of sp³-hybridized carbons (Fsp3) is 0.533. The van der Waals surface area contributed by atoms with Gasteiger partial charge in [0.2, 0.25) is 5.91 Å². The highest BCUT2D eigenvalue weighted by atomic mass is 16.5. The van der Waals surface area contributed by atoms with Crippen LogP contribution < -0.4 is 15.4 Å². The summed E-state index contributed by atoms with van der Waals surface area (Å²) in [6.45, 7) is 2.44. The van der Waals surface area contributed by atoms with Gasteiger partial charge in [-0.25, -0.2) is 0 Å². The van der Waals surface area contributed by atoms with E-state index in [2.05, 4.69) is 10.6 Å². The van der Waals surface area contributed by atoms with E-state index in [1.807, 2.05) is 18.2 Å². The molecule has 6 heteroatoms. The van der Waals surface area contributed by atoms with Crippen molar-refractivity contribution in [3.05, 3.63) is 23.8 Å². The Hall–Kier alpha value is -1.63. The molecule has 1 aromatic carbocycles. The Kier molecular flexibility index (Phi) is 5.98. The van der Waals surface area contributed by atoms with Crippen LogP contribution in [0.4, 0.5) is 5.69 Å². The van der Waals surface area contributed by atoms with Crippen LogP contribution in [0.25, 0.3) is 0 Å². The molecular weight excluding hydrogens is 272 g/mol. The van der Waals surface area contributed by atoms with Gasteiger partial charge in [0.05, 0.1) is 19.8 Å². The van der Waals surface area contributed by atoms with Gasteiger partial charge in [0, 0.05) is 37.5 Å². The number of fused-ring (bicyclic) bond motifs is 1. The Morgan fingerprint density at radius 2 is 2.10 bits per heavy atom. The summed E-state index contributed by atoms with van der Waals surface area (Å²) in [5.41, 5.74) is 1.77. The average Bonchev–Trinajstić information content (AvgIpc) is 2.80. The van der Waals surface area contributed by atoms with Crippen molar-refractivity contribution in [1.82, 2.24) is 5.32 Å². The van der Waals surface area contributed by atoms with Crippen LogP contribution in [0.15, 0.2) is 18.2 Å². The van der Waals surface area contributed by atoms with E-state index in [0.29, 0.717) is 26.4 Å². The Morgan fingerprint density at radius 3 is 2.86 bits per heavy atom. The maximum atomic E-state index is 11.7. The summed E-state index contributed by atoms with van der Waals surface area (Å²) < 4.78 is 15.9. The number of nitrogens with one attached hydrogen (secondary N) is 2. The predicted molar refractivity (Wildman–Crippen MR) is 79.7 cm³/mol. The van der Waals surface area contributed by atoms with E-state index >= 15 is 0 Å². The minimum absolute atomic E-state index is 0.0313. The second-order valence-corrected chi connectivity index (χ2v) is 4.77. The van der Waals surface area contributed by atoms with Crippen LogP contribution in [-0.4, -0.2) is 46.5 Å². The molecule has 0 aliphatic carbocycles. The minimum atomic E-state index is -0.275. The van der Waals surface area contributed by atoms with Crippen LogP contribution in [0, 0.1) is 0 Å². The zero-order valence-corrected chi connectivity index (χ0v) is 12.5. The molecule has 1 aliphatic heterocycles. The second-order valence-electron chi connectivity index (χ2n) is 4.77. The number of hydrogen-bond acceptors (Lipinski definition) is 5. The SMILES string of the molecule is CNC1C(=O)Nc2cc(OCCCOCCOC)ccc21. The monoisotopic (exact) mass is 294 g/mol. The van der Waals surface area contributed by atoms with Gasteiger partial charge in [-0.05, 0) is 13.1 Å². The zero-order valence-electron chi connectivity index (χ0n) is 12.5. The molecule has 0 spiro atoms. The first-order valence-electron chi connectivity index (χ1n) is 7.08. The third-order valence-electron chi connectivity index (χ3n) is 3.28. The van der Waals surface area contributed by atoms with Crippen molar-refractivity contribution < 1.29 is 19.0 Å². The number of anilines is 1. The molecule has 1 amide bonds. The Bertz CT molecular complexity index is 479. The largest absolute Gasteiger partial charge is 0.493 e. The molecule has 1 aliphatic rings. The van der Waals surface area contributed by atoms with Crippen molar-refractivity contribution in [3.63, 3.8) is 0 Å². The first-order chi connectivity index (χ1) is 10.3. The van der Waals surface area contributed by atoms with Crippen molar-refractivity contribution in [2.75, 3.05) is 45.9 Å².